The van der Waals surface area contributed by atoms with Gasteiger partial charge in [0.05, 0.1) is 6.04 Å². The fourth-order valence-electron chi connectivity index (χ4n) is 4.69. The molecule has 1 aliphatic heterocycles. The first-order valence-corrected chi connectivity index (χ1v) is 14.2. The molecule has 3 rings (SSSR count). The number of carbonyl (C=O) groups excluding carboxylic acids is 2. The van der Waals surface area contributed by atoms with E-state index in [9.17, 15) is 9.59 Å². The summed E-state index contributed by atoms with van der Waals surface area (Å²) in [6.07, 6.45) is 1.50. The summed E-state index contributed by atoms with van der Waals surface area (Å²) in [6.45, 7) is 12.1. The topological polar surface area (TPSA) is 83.1 Å². The largest absolute Gasteiger partial charge is 0.454 e. The van der Waals surface area contributed by atoms with E-state index in [1.807, 2.05) is 20.8 Å². The first kappa shape index (κ1) is 24.6. The molecule has 1 amide bonds. The summed E-state index contributed by atoms with van der Waals surface area (Å²) in [5, 5.41) is 2.98. The van der Waals surface area contributed by atoms with Gasteiger partial charge in [-0.1, -0.05) is 20.8 Å². The lowest BCUT2D eigenvalue weighted by Crippen LogP contribution is -2.61. The molecule has 2 aliphatic rings. The summed E-state index contributed by atoms with van der Waals surface area (Å²) in [4.78, 5) is 26.7. The number of carbonyl (C=O) groups is 2. The minimum atomic E-state index is -2.18. The Labute approximate surface area is 192 Å². The highest BCUT2D eigenvalue weighted by Gasteiger charge is 2.54. The summed E-state index contributed by atoms with van der Waals surface area (Å²) >= 11 is 0. The molecule has 2 atom stereocenters. The summed E-state index contributed by atoms with van der Waals surface area (Å²) in [6, 6.07) is 7.54. The van der Waals surface area contributed by atoms with E-state index in [1.54, 1.807) is 18.2 Å². The number of rotatable bonds is 8. The maximum Gasteiger partial charge on any atom is 0.407 e. The standard InChI is InChI=1S/C24H37NO6Si/c1-7-32(8-2,9-3)31-24(14-10-11-20(24)25-22(27)30-23(4,5)6)21(26)17-12-13-18-19(15-17)29-16-28-18/h12-13,15,20H,7-11,14,16H2,1-6H3,(H,25,27). The summed E-state index contributed by atoms with van der Waals surface area (Å²) in [5.41, 5.74) is -1.22. The number of hydrogen-bond donors (Lipinski definition) is 1. The van der Waals surface area contributed by atoms with Crippen molar-refractivity contribution in [1.82, 2.24) is 5.32 Å². The maximum atomic E-state index is 14.1. The number of ether oxygens (including phenoxy) is 3. The molecular formula is C24H37NO6Si. The second kappa shape index (κ2) is 9.43. The van der Waals surface area contributed by atoms with Gasteiger partial charge < -0.3 is 24.0 Å². The first-order chi connectivity index (χ1) is 15.1. The number of fused-ring (bicyclic) bond motifs is 1. The van der Waals surface area contributed by atoms with Crippen LogP contribution in [0.1, 0.15) is 71.2 Å². The van der Waals surface area contributed by atoms with Crippen molar-refractivity contribution < 1.29 is 28.2 Å². The average Bonchev–Trinajstić information content (AvgIpc) is 3.37. The lowest BCUT2D eigenvalue weighted by atomic mass is 9.88. The molecule has 1 N–H and O–H groups in total. The predicted molar refractivity (Wildman–Crippen MR) is 125 cm³/mol. The minimum Gasteiger partial charge on any atom is -0.454 e. The smallest absolute Gasteiger partial charge is 0.407 e. The molecule has 1 saturated carbocycles. The number of hydrogen-bond acceptors (Lipinski definition) is 6. The Hall–Kier alpha value is -2.06. The molecule has 2 unspecified atom stereocenters. The van der Waals surface area contributed by atoms with Gasteiger partial charge in [0, 0.05) is 5.56 Å². The van der Waals surface area contributed by atoms with Crippen LogP contribution >= 0.6 is 0 Å². The molecular weight excluding hydrogens is 426 g/mol. The monoisotopic (exact) mass is 463 g/mol. The van der Waals surface area contributed by atoms with Gasteiger partial charge in [0.1, 0.15) is 11.2 Å². The van der Waals surface area contributed by atoms with E-state index in [2.05, 4.69) is 26.1 Å². The van der Waals surface area contributed by atoms with Gasteiger partial charge in [-0.25, -0.2) is 4.79 Å². The van der Waals surface area contributed by atoms with Gasteiger partial charge in [-0.05, 0) is 76.4 Å². The van der Waals surface area contributed by atoms with E-state index in [0.29, 0.717) is 29.9 Å². The molecule has 1 heterocycles. The molecule has 7 nitrogen and oxygen atoms in total. The van der Waals surface area contributed by atoms with Crippen molar-refractivity contribution >= 4 is 20.2 Å². The highest BCUT2D eigenvalue weighted by atomic mass is 28.4. The molecule has 0 radical (unpaired) electrons. The van der Waals surface area contributed by atoms with Gasteiger partial charge in [-0.2, -0.15) is 0 Å². The number of nitrogens with one attached hydrogen (secondary N) is 1. The molecule has 0 saturated heterocycles. The molecule has 178 valence electrons. The fraction of sp³-hybridized carbons (Fsp3) is 0.667. The maximum absolute atomic E-state index is 14.1. The van der Waals surface area contributed by atoms with Crippen molar-refractivity contribution in [3.05, 3.63) is 23.8 Å². The Morgan fingerprint density at radius 1 is 1.12 bits per heavy atom. The molecule has 1 fully saturated rings. The minimum absolute atomic E-state index is 0.110. The zero-order valence-corrected chi connectivity index (χ0v) is 21.2. The number of ketones is 1. The first-order valence-electron chi connectivity index (χ1n) is 11.7. The summed E-state index contributed by atoms with van der Waals surface area (Å²) < 4.78 is 23.4. The fourth-order valence-corrected chi connectivity index (χ4v) is 7.73. The Kier molecular flexibility index (Phi) is 7.24. The van der Waals surface area contributed by atoms with Gasteiger partial charge in [0.2, 0.25) is 6.79 Å². The van der Waals surface area contributed by atoms with Crippen LogP contribution in [-0.2, 0) is 9.16 Å². The van der Waals surface area contributed by atoms with Gasteiger partial charge in [-0.3, -0.25) is 4.79 Å². The Morgan fingerprint density at radius 3 is 2.41 bits per heavy atom. The van der Waals surface area contributed by atoms with Crippen molar-refractivity contribution in [2.75, 3.05) is 6.79 Å². The van der Waals surface area contributed by atoms with E-state index in [4.69, 9.17) is 18.6 Å². The highest BCUT2D eigenvalue weighted by molar-refractivity contribution is 6.73. The van der Waals surface area contributed by atoms with Gasteiger partial charge in [0.25, 0.3) is 0 Å². The van der Waals surface area contributed by atoms with Crippen LogP contribution in [0.15, 0.2) is 18.2 Å². The molecule has 1 aromatic rings. The lowest BCUT2D eigenvalue weighted by molar-refractivity contribution is 0.0196. The van der Waals surface area contributed by atoms with Crippen LogP contribution in [0.4, 0.5) is 4.79 Å². The molecule has 1 aromatic carbocycles. The third-order valence-corrected chi connectivity index (χ3v) is 11.3. The van der Waals surface area contributed by atoms with Crippen molar-refractivity contribution in [2.45, 2.75) is 96.2 Å². The third kappa shape index (κ3) is 4.96. The number of benzene rings is 1. The molecule has 8 heteroatoms. The van der Waals surface area contributed by atoms with E-state index in [-0.39, 0.29) is 12.6 Å². The van der Waals surface area contributed by atoms with Gasteiger partial charge in [0.15, 0.2) is 25.6 Å². The van der Waals surface area contributed by atoms with Gasteiger partial charge >= 0.3 is 6.09 Å². The zero-order chi connectivity index (χ0) is 23.6. The normalized spacial score (nSPS) is 22.6. The lowest BCUT2D eigenvalue weighted by Gasteiger charge is -2.43. The molecule has 0 aromatic heterocycles. The van der Waals surface area contributed by atoms with Crippen molar-refractivity contribution in [3.63, 3.8) is 0 Å². The predicted octanol–water partition coefficient (Wildman–Crippen LogP) is 5.44. The third-order valence-electron chi connectivity index (χ3n) is 6.65. The number of amides is 1. The van der Waals surface area contributed by atoms with Crippen molar-refractivity contribution in [1.29, 1.82) is 0 Å². The van der Waals surface area contributed by atoms with Crippen molar-refractivity contribution in [2.24, 2.45) is 0 Å². The van der Waals surface area contributed by atoms with Gasteiger partial charge in [-0.15, -0.1) is 0 Å². The zero-order valence-electron chi connectivity index (χ0n) is 20.2. The Balaban J connectivity index is 1.99. The van der Waals surface area contributed by atoms with E-state index in [1.165, 1.54) is 0 Å². The second-order valence-electron chi connectivity index (χ2n) is 9.72. The van der Waals surface area contributed by atoms with Crippen LogP contribution in [0, 0.1) is 0 Å². The molecule has 0 bridgehead atoms. The Bertz CT molecular complexity index is 839. The Morgan fingerprint density at radius 2 is 1.78 bits per heavy atom. The molecule has 1 aliphatic carbocycles. The number of alkyl carbamates (subject to hydrolysis) is 1. The van der Waals surface area contributed by atoms with Crippen LogP contribution in [-0.4, -0.2) is 44.2 Å². The van der Waals surface area contributed by atoms with Crippen LogP contribution in [0.25, 0.3) is 0 Å². The molecule has 0 spiro atoms. The number of Topliss-reactive ketones (excluding diaryl/α,β-unsaturated/α-hetero) is 1. The highest BCUT2D eigenvalue weighted by Crippen LogP contribution is 2.43. The second-order valence-corrected chi connectivity index (χ2v) is 14.4. The summed E-state index contributed by atoms with van der Waals surface area (Å²) in [5.74, 6) is 1.08. The summed E-state index contributed by atoms with van der Waals surface area (Å²) in [7, 11) is -2.18. The van der Waals surface area contributed by atoms with Crippen LogP contribution in [0.5, 0.6) is 11.5 Å². The van der Waals surface area contributed by atoms with E-state index < -0.39 is 31.7 Å². The van der Waals surface area contributed by atoms with E-state index >= 15 is 0 Å². The van der Waals surface area contributed by atoms with Crippen molar-refractivity contribution in [3.8, 4) is 11.5 Å². The van der Waals surface area contributed by atoms with E-state index in [0.717, 1.165) is 24.6 Å². The quantitative estimate of drug-likeness (QED) is 0.408. The SMILES string of the molecule is CC[Si](CC)(CC)OC1(C(=O)c2ccc3c(c2)OCO3)CCCC1NC(=O)OC(C)(C)C. The van der Waals surface area contributed by atoms with Crippen LogP contribution in [0.3, 0.4) is 0 Å². The average molecular weight is 464 g/mol. The van der Waals surface area contributed by atoms with Crippen LogP contribution in [0.2, 0.25) is 18.1 Å². The molecule has 32 heavy (non-hydrogen) atoms. The van der Waals surface area contributed by atoms with Crippen LogP contribution < -0.4 is 14.8 Å².